The summed E-state index contributed by atoms with van der Waals surface area (Å²) in [6.45, 7) is 0. The minimum Gasteiger partial charge on any atom is -0.352 e. The average molecular weight is 518 g/mol. The van der Waals surface area contributed by atoms with Crippen LogP contribution in [0.1, 0.15) is 48.1 Å². The summed E-state index contributed by atoms with van der Waals surface area (Å²) >= 11 is 0. The zero-order valence-corrected chi connectivity index (χ0v) is 20.6. The summed E-state index contributed by atoms with van der Waals surface area (Å²) in [6, 6.07) is 23.4. The van der Waals surface area contributed by atoms with E-state index in [-0.39, 0.29) is 22.9 Å². The minimum atomic E-state index is -1.66. The van der Waals surface area contributed by atoms with Gasteiger partial charge in [0.05, 0.1) is 6.04 Å². The smallest absolute Gasteiger partial charge is 0.185 e. The molecule has 2 aliphatic heterocycles. The number of fused-ring (bicyclic) bond motifs is 5. The fraction of sp³-hybridized carbons (Fsp3) is 0.121. The number of ketones is 3. The van der Waals surface area contributed by atoms with E-state index in [0.717, 1.165) is 5.56 Å². The SMILES string of the molecule is O=C(c1ccc(F)cc1)[C@H]1[C@H](c2ccc(F)cc2)C2(C(=O)c3ccccc3C2=O)[C@H]2C=Cc3ccccc3N12. The van der Waals surface area contributed by atoms with Crippen molar-refractivity contribution in [2.24, 2.45) is 5.41 Å². The highest BCUT2D eigenvalue weighted by atomic mass is 19.1. The number of para-hydroxylation sites is 1. The van der Waals surface area contributed by atoms with Crippen LogP contribution in [0.4, 0.5) is 14.5 Å². The van der Waals surface area contributed by atoms with Gasteiger partial charge in [0.2, 0.25) is 0 Å². The van der Waals surface area contributed by atoms with Gasteiger partial charge in [0.25, 0.3) is 0 Å². The Labute approximate surface area is 223 Å². The number of rotatable bonds is 3. The molecule has 0 amide bonds. The molecule has 0 radical (unpaired) electrons. The Morgan fingerprint density at radius 1 is 0.718 bits per heavy atom. The molecule has 1 fully saturated rings. The molecule has 190 valence electrons. The predicted octanol–water partition coefficient (Wildman–Crippen LogP) is 6.28. The van der Waals surface area contributed by atoms with E-state index in [1.165, 1.54) is 36.4 Å². The molecule has 6 heteroatoms. The maximum absolute atomic E-state index is 14.5. The molecule has 0 bridgehead atoms. The Balaban J connectivity index is 1.54. The van der Waals surface area contributed by atoms with Crippen LogP contribution in [0, 0.1) is 17.0 Å². The van der Waals surface area contributed by atoms with Crippen LogP contribution < -0.4 is 4.90 Å². The third kappa shape index (κ3) is 3.12. The molecule has 1 saturated heterocycles. The third-order valence-electron chi connectivity index (χ3n) is 8.34. The molecule has 4 aromatic rings. The number of hydrogen-bond acceptors (Lipinski definition) is 4. The molecule has 4 nitrogen and oxygen atoms in total. The number of Topliss-reactive ketones (excluding diaryl/α,β-unsaturated/α-hetero) is 3. The van der Waals surface area contributed by atoms with Crippen molar-refractivity contribution in [2.45, 2.75) is 18.0 Å². The molecular weight excluding hydrogens is 496 g/mol. The van der Waals surface area contributed by atoms with Gasteiger partial charge >= 0.3 is 0 Å². The average Bonchev–Trinajstić information content (AvgIpc) is 3.40. The molecular formula is C33H21F2NO3. The zero-order chi connectivity index (χ0) is 26.9. The third-order valence-corrected chi connectivity index (χ3v) is 8.34. The van der Waals surface area contributed by atoms with Gasteiger partial charge in [-0.3, -0.25) is 14.4 Å². The van der Waals surface area contributed by atoms with Gasteiger partial charge in [0.1, 0.15) is 23.1 Å². The van der Waals surface area contributed by atoms with Crippen molar-refractivity contribution in [1.29, 1.82) is 0 Å². The van der Waals surface area contributed by atoms with E-state index in [4.69, 9.17) is 0 Å². The molecule has 7 rings (SSSR count). The normalized spacial score (nSPS) is 22.1. The van der Waals surface area contributed by atoms with Gasteiger partial charge in [-0.25, -0.2) is 8.78 Å². The summed E-state index contributed by atoms with van der Waals surface area (Å²) in [4.78, 5) is 45.3. The Kier molecular flexibility index (Phi) is 5.04. The number of nitrogens with zero attached hydrogens (tertiary/aromatic N) is 1. The van der Waals surface area contributed by atoms with E-state index >= 15 is 0 Å². The molecule has 3 aliphatic rings. The van der Waals surface area contributed by atoms with Crippen LogP contribution in [0.5, 0.6) is 0 Å². The summed E-state index contributed by atoms with van der Waals surface area (Å²) in [6.07, 6.45) is 3.72. The molecule has 1 spiro atoms. The van der Waals surface area contributed by atoms with Gasteiger partial charge in [-0.15, -0.1) is 0 Å². The lowest BCUT2D eigenvalue weighted by molar-refractivity contribution is 0.0666. The summed E-state index contributed by atoms with van der Waals surface area (Å²) in [7, 11) is 0. The maximum Gasteiger partial charge on any atom is 0.185 e. The standard InChI is InChI=1S/C33H21F2NO3/c34-22-14-9-20(10-15-22)28-29(30(37)21-11-16-23(35)17-12-21)36-26-8-4-1-5-19(26)13-18-27(36)33(28)31(38)24-6-2-3-7-25(24)32(33)39/h1-18,27-29H/t27-,28+,29-/m1/s1. The van der Waals surface area contributed by atoms with Crippen molar-refractivity contribution in [3.63, 3.8) is 0 Å². The van der Waals surface area contributed by atoms with Crippen molar-refractivity contribution < 1.29 is 23.2 Å². The summed E-state index contributed by atoms with van der Waals surface area (Å²) in [5.74, 6) is -2.96. The molecule has 0 N–H and O–H groups in total. The van der Waals surface area contributed by atoms with E-state index in [2.05, 4.69) is 0 Å². The second-order valence-electron chi connectivity index (χ2n) is 10.2. The van der Waals surface area contributed by atoms with Crippen LogP contribution in [0.25, 0.3) is 6.08 Å². The van der Waals surface area contributed by atoms with Crippen LogP contribution in [0.2, 0.25) is 0 Å². The van der Waals surface area contributed by atoms with Crippen molar-refractivity contribution >= 4 is 29.1 Å². The Morgan fingerprint density at radius 2 is 1.28 bits per heavy atom. The monoisotopic (exact) mass is 517 g/mol. The summed E-state index contributed by atoms with van der Waals surface area (Å²) < 4.78 is 27.9. The lowest BCUT2D eigenvalue weighted by atomic mass is 9.64. The fourth-order valence-electron chi connectivity index (χ4n) is 6.75. The quantitative estimate of drug-likeness (QED) is 0.237. The van der Waals surface area contributed by atoms with Gasteiger partial charge in [-0.05, 0) is 53.6 Å². The molecule has 3 atom stereocenters. The lowest BCUT2D eigenvalue weighted by Gasteiger charge is -2.37. The topological polar surface area (TPSA) is 54.5 Å². The zero-order valence-electron chi connectivity index (χ0n) is 20.6. The largest absolute Gasteiger partial charge is 0.352 e. The Morgan fingerprint density at radius 3 is 1.92 bits per heavy atom. The number of hydrogen-bond donors (Lipinski definition) is 0. The van der Waals surface area contributed by atoms with E-state index in [1.807, 2.05) is 41.3 Å². The number of carbonyl (C=O) groups excluding carboxylic acids is 3. The van der Waals surface area contributed by atoms with Gasteiger partial charge in [0, 0.05) is 28.3 Å². The van der Waals surface area contributed by atoms with E-state index in [1.54, 1.807) is 36.4 Å². The van der Waals surface area contributed by atoms with Gasteiger partial charge < -0.3 is 4.90 Å². The first-order chi connectivity index (χ1) is 18.9. The minimum absolute atomic E-state index is 0.256. The van der Waals surface area contributed by atoms with Crippen molar-refractivity contribution in [1.82, 2.24) is 0 Å². The first kappa shape index (κ1) is 23.4. The maximum atomic E-state index is 14.5. The first-order valence-electron chi connectivity index (χ1n) is 12.7. The van der Waals surface area contributed by atoms with Crippen LogP contribution in [-0.2, 0) is 0 Å². The van der Waals surface area contributed by atoms with Gasteiger partial charge in [0.15, 0.2) is 17.3 Å². The van der Waals surface area contributed by atoms with E-state index in [0.29, 0.717) is 22.4 Å². The number of halogens is 2. The van der Waals surface area contributed by atoms with Crippen LogP contribution in [-0.4, -0.2) is 29.4 Å². The van der Waals surface area contributed by atoms with Crippen molar-refractivity contribution in [3.05, 3.63) is 143 Å². The van der Waals surface area contributed by atoms with Crippen molar-refractivity contribution in [2.75, 3.05) is 4.90 Å². The molecule has 1 aliphatic carbocycles. The number of carbonyl (C=O) groups is 3. The second-order valence-corrected chi connectivity index (χ2v) is 10.2. The highest BCUT2D eigenvalue weighted by Crippen LogP contribution is 2.60. The van der Waals surface area contributed by atoms with Crippen LogP contribution in [0.3, 0.4) is 0 Å². The van der Waals surface area contributed by atoms with Gasteiger partial charge in [-0.2, -0.15) is 0 Å². The fourth-order valence-corrected chi connectivity index (χ4v) is 6.75. The molecule has 2 heterocycles. The van der Waals surface area contributed by atoms with Crippen LogP contribution >= 0.6 is 0 Å². The lowest BCUT2D eigenvalue weighted by Crippen LogP contribution is -2.48. The molecule has 0 unspecified atom stereocenters. The Bertz CT molecular complexity index is 1670. The predicted molar refractivity (Wildman–Crippen MR) is 143 cm³/mol. The van der Waals surface area contributed by atoms with E-state index in [9.17, 15) is 23.2 Å². The number of benzene rings is 4. The molecule has 4 aromatic carbocycles. The first-order valence-corrected chi connectivity index (χ1v) is 12.7. The molecule has 0 aromatic heterocycles. The number of anilines is 1. The van der Waals surface area contributed by atoms with Gasteiger partial charge in [-0.1, -0.05) is 66.7 Å². The molecule has 39 heavy (non-hydrogen) atoms. The van der Waals surface area contributed by atoms with Crippen LogP contribution in [0.15, 0.2) is 103 Å². The second kappa shape index (κ2) is 8.40. The van der Waals surface area contributed by atoms with E-state index < -0.39 is 35.1 Å². The highest BCUT2D eigenvalue weighted by Gasteiger charge is 2.71. The highest BCUT2D eigenvalue weighted by molar-refractivity contribution is 6.32. The molecule has 0 saturated carbocycles. The Hall–Kier alpha value is -4.71. The summed E-state index contributed by atoms with van der Waals surface area (Å²) in [5.41, 5.74) is 1.29. The van der Waals surface area contributed by atoms with Crippen molar-refractivity contribution in [3.8, 4) is 0 Å². The summed E-state index contributed by atoms with van der Waals surface area (Å²) in [5, 5.41) is 0.